The minimum atomic E-state index is -1.47. The summed E-state index contributed by atoms with van der Waals surface area (Å²) in [5, 5.41) is 36.5. The fourth-order valence-electron chi connectivity index (χ4n) is 3.23. The number of nitrogens with one attached hydrogen (secondary N) is 3. The average Bonchev–Trinajstić information content (AvgIpc) is 2.79. The van der Waals surface area contributed by atoms with Gasteiger partial charge in [-0.25, -0.2) is 4.79 Å². The average molecular weight is 495 g/mol. The minimum absolute atomic E-state index is 0.0128. The molecule has 35 heavy (non-hydrogen) atoms. The summed E-state index contributed by atoms with van der Waals surface area (Å²) in [7, 11) is 0. The van der Waals surface area contributed by atoms with Crippen LogP contribution in [0.4, 0.5) is 0 Å². The largest absolute Gasteiger partial charge is 0.508 e. The van der Waals surface area contributed by atoms with Crippen LogP contribution in [0.1, 0.15) is 46.6 Å². The lowest BCUT2D eigenvalue weighted by atomic mass is 9.96. The molecule has 6 unspecified atom stereocenters. The van der Waals surface area contributed by atoms with Crippen LogP contribution in [0.5, 0.6) is 5.75 Å². The molecular weight excluding hydrogens is 456 g/mol. The number of carboxylic acid groups (broad SMARTS) is 1. The van der Waals surface area contributed by atoms with E-state index in [0.29, 0.717) is 12.0 Å². The third-order valence-electron chi connectivity index (χ3n) is 5.87. The van der Waals surface area contributed by atoms with Gasteiger partial charge in [-0.15, -0.1) is 0 Å². The van der Waals surface area contributed by atoms with Crippen LogP contribution in [0.3, 0.4) is 0 Å². The molecule has 0 bridgehead atoms. The van der Waals surface area contributed by atoms with Gasteiger partial charge in [0.2, 0.25) is 17.7 Å². The van der Waals surface area contributed by atoms with E-state index in [2.05, 4.69) is 16.0 Å². The molecule has 0 saturated heterocycles. The Labute approximate surface area is 205 Å². The van der Waals surface area contributed by atoms with Gasteiger partial charge in [-0.3, -0.25) is 14.4 Å². The van der Waals surface area contributed by atoms with Gasteiger partial charge in [-0.1, -0.05) is 46.2 Å². The number of carbonyl (C=O) groups excluding carboxylic acids is 3. The van der Waals surface area contributed by atoms with Crippen LogP contribution in [0, 0.1) is 11.8 Å². The predicted molar refractivity (Wildman–Crippen MR) is 129 cm³/mol. The second kappa shape index (κ2) is 13.6. The van der Waals surface area contributed by atoms with Crippen molar-refractivity contribution >= 4 is 23.7 Å². The van der Waals surface area contributed by atoms with Crippen molar-refractivity contribution in [1.29, 1.82) is 0 Å². The number of hydrogen-bond donors (Lipinski definition) is 7. The Morgan fingerprint density at radius 2 is 1.40 bits per heavy atom. The number of aliphatic hydroxyl groups is 1. The molecule has 0 saturated carbocycles. The van der Waals surface area contributed by atoms with Crippen LogP contribution in [0.15, 0.2) is 24.3 Å². The van der Waals surface area contributed by atoms with Crippen LogP contribution in [-0.2, 0) is 25.6 Å². The first-order valence-electron chi connectivity index (χ1n) is 11.6. The van der Waals surface area contributed by atoms with E-state index in [-0.39, 0.29) is 24.0 Å². The number of phenolic OH excluding ortho intramolecular Hbond substituents is 1. The van der Waals surface area contributed by atoms with Crippen LogP contribution in [0.2, 0.25) is 0 Å². The van der Waals surface area contributed by atoms with Gasteiger partial charge in [0.15, 0.2) is 0 Å². The summed E-state index contributed by atoms with van der Waals surface area (Å²) < 4.78 is 0. The second-order valence-electron chi connectivity index (χ2n) is 9.14. The maximum Gasteiger partial charge on any atom is 0.326 e. The molecular formula is C24H38N4O7. The summed E-state index contributed by atoms with van der Waals surface area (Å²) in [5.41, 5.74) is 6.44. The number of benzene rings is 1. The molecule has 0 aliphatic carbocycles. The topological polar surface area (TPSA) is 191 Å². The van der Waals surface area contributed by atoms with Crippen molar-refractivity contribution in [1.82, 2.24) is 16.0 Å². The van der Waals surface area contributed by atoms with E-state index in [0.717, 1.165) is 0 Å². The van der Waals surface area contributed by atoms with Gasteiger partial charge in [0, 0.05) is 6.42 Å². The molecule has 0 heterocycles. The van der Waals surface area contributed by atoms with E-state index in [9.17, 15) is 34.5 Å². The summed E-state index contributed by atoms with van der Waals surface area (Å²) in [6.07, 6.45) is -0.900. The Bertz CT molecular complexity index is 873. The minimum Gasteiger partial charge on any atom is -0.508 e. The van der Waals surface area contributed by atoms with Gasteiger partial charge in [0.25, 0.3) is 0 Å². The molecule has 11 nitrogen and oxygen atoms in total. The monoisotopic (exact) mass is 494 g/mol. The van der Waals surface area contributed by atoms with Crippen LogP contribution < -0.4 is 21.7 Å². The summed E-state index contributed by atoms with van der Waals surface area (Å²) in [6.45, 7) is 8.41. The molecule has 1 aromatic carbocycles. The number of hydrogen-bond acceptors (Lipinski definition) is 7. The SMILES string of the molecule is CCC(C)C(NC(=O)C(N)C(C)C)C(=O)NC(C(=O)NC(Cc1ccc(O)cc1)C(=O)O)C(C)O. The number of nitrogens with two attached hydrogens (primary N) is 1. The molecule has 6 atom stereocenters. The summed E-state index contributed by atoms with van der Waals surface area (Å²) in [6, 6.07) is 1.16. The van der Waals surface area contributed by atoms with Crippen molar-refractivity contribution in [2.75, 3.05) is 0 Å². The zero-order valence-electron chi connectivity index (χ0n) is 20.8. The molecule has 0 fully saturated rings. The first-order chi connectivity index (χ1) is 16.3. The van der Waals surface area contributed by atoms with Crippen molar-refractivity contribution in [3.05, 3.63) is 29.8 Å². The van der Waals surface area contributed by atoms with E-state index < -0.39 is 54.0 Å². The van der Waals surface area contributed by atoms with E-state index in [1.165, 1.54) is 31.2 Å². The zero-order valence-corrected chi connectivity index (χ0v) is 20.8. The molecule has 3 amide bonds. The highest BCUT2D eigenvalue weighted by Gasteiger charge is 2.34. The van der Waals surface area contributed by atoms with Crippen LogP contribution in [-0.4, -0.2) is 69.3 Å². The fraction of sp³-hybridized carbons (Fsp3) is 0.583. The van der Waals surface area contributed by atoms with E-state index in [1.54, 1.807) is 20.8 Å². The first kappa shape index (κ1) is 29.9. The fourth-order valence-corrected chi connectivity index (χ4v) is 3.23. The highest BCUT2D eigenvalue weighted by atomic mass is 16.4. The molecule has 0 aromatic heterocycles. The van der Waals surface area contributed by atoms with Gasteiger partial charge in [-0.05, 0) is 36.5 Å². The Morgan fingerprint density at radius 3 is 1.86 bits per heavy atom. The summed E-state index contributed by atoms with van der Waals surface area (Å²) in [4.78, 5) is 50.1. The first-order valence-corrected chi connectivity index (χ1v) is 11.6. The summed E-state index contributed by atoms with van der Waals surface area (Å²) in [5.74, 6) is -3.88. The molecule has 0 spiro atoms. The Hall–Kier alpha value is -3.18. The Kier molecular flexibility index (Phi) is 11.6. The molecule has 0 radical (unpaired) electrons. The highest BCUT2D eigenvalue weighted by molar-refractivity contribution is 5.94. The maximum absolute atomic E-state index is 13.0. The molecule has 0 aliphatic heterocycles. The number of rotatable bonds is 13. The van der Waals surface area contributed by atoms with Gasteiger partial charge in [0.05, 0.1) is 12.1 Å². The number of phenols is 1. The molecule has 0 aliphatic rings. The number of carboxylic acids is 1. The van der Waals surface area contributed by atoms with Crippen LogP contribution in [0.25, 0.3) is 0 Å². The van der Waals surface area contributed by atoms with Gasteiger partial charge >= 0.3 is 5.97 Å². The maximum atomic E-state index is 13.0. The zero-order chi connectivity index (χ0) is 26.9. The van der Waals surface area contributed by atoms with E-state index in [1.807, 2.05) is 6.92 Å². The number of aliphatic carboxylic acids is 1. The van der Waals surface area contributed by atoms with Crippen LogP contribution >= 0.6 is 0 Å². The van der Waals surface area contributed by atoms with Gasteiger partial charge in [-0.2, -0.15) is 0 Å². The Balaban J connectivity index is 3.00. The third kappa shape index (κ3) is 9.18. The van der Waals surface area contributed by atoms with E-state index in [4.69, 9.17) is 5.73 Å². The second-order valence-corrected chi connectivity index (χ2v) is 9.14. The number of aliphatic hydroxyl groups excluding tert-OH is 1. The smallest absolute Gasteiger partial charge is 0.326 e. The number of amides is 3. The number of carbonyl (C=O) groups is 4. The van der Waals surface area contributed by atoms with Crippen molar-refractivity contribution < 1.29 is 34.5 Å². The van der Waals surface area contributed by atoms with Gasteiger partial charge in [0.1, 0.15) is 23.9 Å². The van der Waals surface area contributed by atoms with E-state index >= 15 is 0 Å². The van der Waals surface area contributed by atoms with Gasteiger partial charge < -0.3 is 37.0 Å². The molecule has 196 valence electrons. The lowest BCUT2D eigenvalue weighted by Crippen LogP contribution is -2.61. The quantitative estimate of drug-likeness (QED) is 0.197. The Morgan fingerprint density at radius 1 is 0.886 bits per heavy atom. The predicted octanol–water partition coefficient (Wildman–Crippen LogP) is -0.116. The van der Waals surface area contributed by atoms with Crippen molar-refractivity contribution in [2.24, 2.45) is 17.6 Å². The van der Waals surface area contributed by atoms with Crippen molar-refractivity contribution in [2.45, 2.75) is 77.7 Å². The highest BCUT2D eigenvalue weighted by Crippen LogP contribution is 2.13. The lowest BCUT2D eigenvalue weighted by Gasteiger charge is -2.29. The normalized spacial score (nSPS) is 16.3. The molecule has 1 rings (SSSR count). The van der Waals surface area contributed by atoms with Crippen molar-refractivity contribution in [3.8, 4) is 5.75 Å². The third-order valence-corrected chi connectivity index (χ3v) is 5.87. The number of aromatic hydroxyl groups is 1. The lowest BCUT2D eigenvalue weighted by molar-refractivity contribution is -0.143. The summed E-state index contributed by atoms with van der Waals surface area (Å²) >= 11 is 0. The molecule has 11 heteroatoms. The molecule has 1 aromatic rings. The standard InChI is InChI=1S/C24H38N4O7/c1-6-13(4)19(27-21(31)18(25)12(2)3)22(32)28-20(14(5)29)23(33)26-17(24(34)35)11-15-7-9-16(30)10-8-15/h7-10,12-14,17-20,29-30H,6,11,25H2,1-5H3,(H,26,33)(H,27,31)(H,28,32)(H,34,35). The molecule has 8 N–H and O–H groups in total. The van der Waals surface area contributed by atoms with Crippen molar-refractivity contribution in [3.63, 3.8) is 0 Å².